The van der Waals surface area contributed by atoms with Crippen LogP contribution in [0.4, 0.5) is 9.59 Å². The van der Waals surface area contributed by atoms with E-state index in [0.717, 1.165) is 0 Å². The predicted molar refractivity (Wildman–Crippen MR) is 160 cm³/mol. The van der Waals surface area contributed by atoms with Gasteiger partial charge in [0.25, 0.3) is 0 Å². The summed E-state index contributed by atoms with van der Waals surface area (Å²) >= 11 is 0. The molecule has 1 aromatic rings. The molecule has 0 fully saturated rings. The zero-order valence-electron chi connectivity index (χ0n) is 26.1. The number of aliphatic hydroxyl groups excluding tert-OH is 2. The number of fused-ring (bicyclic) bond motifs is 13. The summed E-state index contributed by atoms with van der Waals surface area (Å²) in [5, 5.41) is 40.6. The summed E-state index contributed by atoms with van der Waals surface area (Å²) in [4.78, 5) is 50.0. The van der Waals surface area contributed by atoms with Gasteiger partial charge in [0.1, 0.15) is 42.2 Å². The lowest BCUT2D eigenvalue weighted by atomic mass is 10.0. The van der Waals surface area contributed by atoms with Gasteiger partial charge in [-0.3, -0.25) is 4.79 Å². The van der Waals surface area contributed by atoms with E-state index in [9.17, 15) is 34.5 Å². The topological polar surface area (TPSA) is 205 Å². The van der Waals surface area contributed by atoms with Crippen molar-refractivity contribution < 1.29 is 48.7 Å². The van der Waals surface area contributed by atoms with Crippen molar-refractivity contribution >= 4 is 24.0 Å². The maximum Gasteiger partial charge on any atom is 0.407 e. The molecule has 2 aliphatic rings. The highest BCUT2D eigenvalue weighted by atomic mass is 16.6. The monoisotopic (exact) mass is 624 g/mol. The van der Waals surface area contributed by atoms with Gasteiger partial charge in [-0.1, -0.05) is 26.0 Å². The molecular formula is C30H48N4O10. The van der Waals surface area contributed by atoms with E-state index in [1.54, 1.807) is 45.0 Å². The Morgan fingerprint density at radius 2 is 1.70 bits per heavy atom. The van der Waals surface area contributed by atoms with Gasteiger partial charge in [0, 0.05) is 13.0 Å². The van der Waals surface area contributed by atoms with Gasteiger partial charge in [0.05, 0.1) is 19.3 Å². The van der Waals surface area contributed by atoms with E-state index in [4.69, 9.17) is 14.2 Å². The highest BCUT2D eigenvalue weighted by molar-refractivity contribution is 5.89. The van der Waals surface area contributed by atoms with Crippen molar-refractivity contribution in [3.63, 3.8) is 0 Å². The van der Waals surface area contributed by atoms with Crippen LogP contribution in [-0.4, -0.2) is 102 Å². The van der Waals surface area contributed by atoms with Crippen LogP contribution < -0.4 is 26.0 Å². The molecule has 0 saturated carbocycles. The lowest BCUT2D eigenvalue weighted by molar-refractivity contribution is -0.139. The minimum Gasteiger partial charge on any atom is -0.491 e. The second-order valence-electron chi connectivity index (χ2n) is 12.2. The molecular weight excluding hydrogens is 576 g/mol. The number of rotatable bonds is 9. The first-order chi connectivity index (χ1) is 20.6. The third kappa shape index (κ3) is 13.8. The SMILES string of the molecule is CC(C)[C@H]1COCC(O)C(O)COc2ccc(cc2)C[C@@H](NC(=O)N[C@@H](CCCCNC(=O)OC(C)(C)C)C(=O)O)C(=O)N1. The fourth-order valence-corrected chi connectivity index (χ4v) is 4.16. The molecule has 0 aliphatic carbocycles. The molecule has 5 atom stereocenters. The van der Waals surface area contributed by atoms with Crippen molar-refractivity contribution in [2.45, 2.75) is 96.2 Å². The molecule has 1 aromatic carbocycles. The van der Waals surface area contributed by atoms with Gasteiger partial charge in [-0.25, -0.2) is 14.4 Å². The molecule has 14 heteroatoms. The first-order valence-electron chi connectivity index (χ1n) is 14.9. The highest BCUT2D eigenvalue weighted by Crippen LogP contribution is 2.16. The molecule has 2 heterocycles. The van der Waals surface area contributed by atoms with Crippen LogP contribution in [-0.2, 0) is 25.5 Å². The second-order valence-corrected chi connectivity index (χ2v) is 12.2. The average molecular weight is 625 g/mol. The number of benzene rings is 1. The van der Waals surface area contributed by atoms with Gasteiger partial charge in [-0.05, 0) is 63.6 Å². The average Bonchev–Trinajstić information content (AvgIpc) is 2.93. The summed E-state index contributed by atoms with van der Waals surface area (Å²) in [5.74, 6) is -1.37. The third-order valence-electron chi connectivity index (χ3n) is 6.76. The quantitative estimate of drug-likeness (QED) is 0.196. The number of unbranched alkanes of at least 4 members (excludes halogenated alkanes) is 1. The number of hydrogen-bond donors (Lipinski definition) is 7. The Bertz CT molecular complexity index is 1080. The Labute approximate surface area is 258 Å². The molecule has 3 rings (SSSR count). The number of aliphatic carboxylic acids is 1. The van der Waals surface area contributed by atoms with Gasteiger partial charge < -0.3 is 50.8 Å². The van der Waals surface area contributed by atoms with Crippen molar-refractivity contribution in [1.82, 2.24) is 21.3 Å². The molecule has 4 amide bonds. The Morgan fingerprint density at radius 3 is 2.32 bits per heavy atom. The number of amides is 4. The maximum atomic E-state index is 13.4. The number of alkyl carbamates (subject to hydrolysis) is 1. The van der Waals surface area contributed by atoms with E-state index >= 15 is 0 Å². The Morgan fingerprint density at radius 1 is 1.05 bits per heavy atom. The van der Waals surface area contributed by atoms with Crippen molar-refractivity contribution in [3.8, 4) is 5.75 Å². The number of carboxylic acids is 1. The number of carbonyl (C=O) groups is 4. The molecule has 2 bridgehead atoms. The summed E-state index contributed by atoms with van der Waals surface area (Å²) in [6.45, 7) is 8.99. The molecule has 14 nitrogen and oxygen atoms in total. The standard InChI is InChI=1S/C30H48N4O10/c1-18(2)23-15-42-16-24(35)25(36)17-43-20-11-9-19(10-12-20)14-22(26(37)32-23)34-28(40)33-21(27(38)39)8-6-7-13-31-29(41)44-30(3,4)5/h9-12,18,21-25,35-36H,6-8,13-17H2,1-5H3,(H,31,41)(H,32,37)(H,38,39)(H2,33,34,40)/t21-,22+,23+,24?,25?/m0/s1. The van der Waals surface area contributed by atoms with Crippen LogP contribution in [0, 0.1) is 5.92 Å². The Kier molecular flexibility index (Phi) is 14.6. The van der Waals surface area contributed by atoms with Gasteiger partial charge in [-0.2, -0.15) is 0 Å². The molecule has 2 aliphatic heterocycles. The number of carboxylic acid groups (broad SMARTS) is 1. The largest absolute Gasteiger partial charge is 0.491 e. The molecule has 0 spiro atoms. The van der Waals surface area contributed by atoms with Crippen LogP contribution in [0.15, 0.2) is 24.3 Å². The molecule has 0 aromatic heterocycles. The van der Waals surface area contributed by atoms with Gasteiger partial charge in [-0.15, -0.1) is 0 Å². The van der Waals surface area contributed by atoms with Gasteiger partial charge in [0.2, 0.25) is 5.91 Å². The van der Waals surface area contributed by atoms with E-state index in [0.29, 0.717) is 24.2 Å². The smallest absolute Gasteiger partial charge is 0.407 e. The van der Waals surface area contributed by atoms with Crippen molar-refractivity contribution in [2.75, 3.05) is 26.4 Å². The summed E-state index contributed by atoms with van der Waals surface area (Å²) in [5.41, 5.74) is 0.0578. The molecule has 2 unspecified atom stereocenters. The van der Waals surface area contributed by atoms with E-state index in [2.05, 4.69) is 21.3 Å². The first-order valence-corrected chi connectivity index (χ1v) is 14.9. The second kappa shape index (κ2) is 17.6. The third-order valence-corrected chi connectivity index (χ3v) is 6.76. The minimum absolute atomic E-state index is 0.0462. The van der Waals surface area contributed by atoms with Crippen LogP contribution in [0.1, 0.15) is 59.4 Å². The van der Waals surface area contributed by atoms with E-state index in [1.807, 2.05) is 13.8 Å². The maximum absolute atomic E-state index is 13.4. The molecule has 248 valence electrons. The highest BCUT2D eigenvalue weighted by Gasteiger charge is 2.28. The number of ether oxygens (including phenoxy) is 3. The molecule has 0 saturated heterocycles. The van der Waals surface area contributed by atoms with Crippen LogP contribution in [0.2, 0.25) is 0 Å². The minimum atomic E-state index is -1.23. The number of aliphatic hydroxyl groups is 2. The lowest BCUT2D eigenvalue weighted by Gasteiger charge is -2.27. The predicted octanol–water partition coefficient (Wildman–Crippen LogP) is 1.32. The summed E-state index contributed by atoms with van der Waals surface area (Å²) in [6, 6.07) is 3.11. The zero-order chi connectivity index (χ0) is 32.9. The number of carbonyl (C=O) groups excluding carboxylic acids is 3. The number of urea groups is 1. The Hall–Kier alpha value is -3.62. The van der Waals surface area contributed by atoms with Crippen LogP contribution in [0.3, 0.4) is 0 Å². The molecule has 7 N–H and O–H groups in total. The van der Waals surface area contributed by atoms with Crippen molar-refractivity contribution in [2.24, 2.45) is 5.92 Å². The number of hydrogen-bond acceptors (Lipinski definition) is 9. The van der Waals surface area contributed by atoms with E-state index < -0.39 is 59.9 Å². The Balaban J connectivity index is 2.07. The normalized spacial score (nSPS) is 22.3. The first kappa shape index (κ1) is 36.6. The molecule has 44 heavy (non-hydrogen) atoms. The fraction of sp³-hybridized carbons (Fsp3) is 0.667. The fourth-order valence-electron chi connectivity index (χ4n) is 4.16. The lowest BCUT2D eigenvalue weighted by Crippen LogP contribution is -2.56. The summed E-state index contributed by atoms with van der Waals surface area (Å²) < 4.78 is 16.3. The van der Waals surface area contributed by atoms with E-state index in [1.165, 1.54) is 0 Å². The summed E-state index contributed by atoms with van der Waals surface area (Å²) in [6.07, 6.45) is -1.89. The van der Waals surface area contributed by atoms with Gasteiger partial charge in [0.15, 0.2) is 0 Å². The van der Waals surface area contributed by atoms with Crippen molar-refractivity contribution in [1.29, 1.82) is 0 Å². The van der Waals surface area contributed by atoms with Crippen LogP contribution >= 0.6 is 0 Å². The van der Waals surface area contributed by atoms with Crippen molar-refractivity contribution in [3.05, 3.63) is 29.8 Å². The van der Waals surface area contributed by atoms with Gasteiger partial charge >= 0.3 is 18.1 Å². The summed E-state index contributed by atoms with van der Waals surface area (Å²) in [7, 11) is 0. The zero-order valence-corrected chi connectivity index (χ0v) is 26.1. The van der Waals surface area contributed by atoms with Crippen LogP contribution in [0.25, 0.3) is 0 Å². The van der Waals surface area contributed by atoms with Crippen LogP contribution in [0.5, 0.6) is 5.75 Å². The number of nitrogens with one attached hydrogen (secondary N) is 4. The molecule has 0 radical (unpaired) electrons. The van der Waals surface area contributed by atoms with E-state index in [-0.39, 0.29) is 45.1 Å².